The molecule has 0 aromatic heterocycles. The van der Waals surface area contributed by atoms with Crippen molar-refractivity contribution in [1.29, 1.82) is 0 Å². The molecule has 1 aromatic carbocycles. The highest BCUT2D eigenvalue weighted by Crippen LogP contribution is 2.13. The Hall–Kier alpha value is -2.44. The fraction of sp³-hybridized carbons (Fsp3) is 0.412. The maximum atomic E-state index is 13.1. The Morgan fingerprint density at radius 3 is 2.62 bits per heavy atom. The number of hydrogen-bond acceptors (Lipinski definition) is 4. The summed E-state index contributed by atoms with van der Waals surface area (Å²) in [6.07, 6.45) is 2.42. The van der Waals surface area contributed by atoms with Gasteiger partial charge in [0.2, 0.25) is 0 Å². The van der Waals surface area contributed by atoms with E-state index in [1.807, 2.05) is 0 Å². The molecule has 3 N–H and O–H groups in total. The number of allylic oxidation sites excluding steroid dienone is 1. The van der Waals surface area contributed by atoms with E-state index in [-0.39, 0.29) is 11.7 Å². The number of benzene rings is 1. The molecule has 0 bridgehead atoms. The molecular weight excluding hydrogens is 316 g/mol. The van der Waals surface area contributed by atoms with Gasteiger partial charge in [0.05, 0.1) is 6.54 Å². The molecule has 0 aliphatic rings. The smallest absolute Gasteiger partial charge is 0.407 e. The fourth-order valence-electron chi connectivity index (χ4n) is 1.68. The minimum absolute atomic E-state index is 0.228. The van der Waals surface area contributed by atoms with Crippen LogP contribution >= 0.6 is 0 Å². The first kappa shape index (κ1) is 19.6. The van der Waals surface area contributed by atoms with E-state index in [2.05, 4.69) is 10.3 Å². The quantitative estimate of drug-likeness (QED) is 0.809. The summed E-state index contributed by atoms with van der Waals surface area (Å²) < 4.78 is 31.1. The predicted octanol–water partition coefficient (Wildman–Crippen LogP) is 3.25. The van der Waals surface area contributed by atoms with Gasteiger partial charge in [-0.05, 0) is 52.0 Å². The molecule has 0 fully saturated rings. The van der Waals surface area contributed by atoms with Gasteiger partial charge in [-0.2, -0.15) is 0 Å². The van der Waals surface area contributed by atoms with Crippen molar-refractivity contribution in [3.8, 4) is 0 Å². The van der Waals surface area contributed by atoms with E-state index in [0.717, 1.165) is 12.1 Å². The summed E-state index contributed by atoms with van der Waals surface area (Å²) in [5.41, 5.74) is 5.83. The number of carbonyl (C=O) groups is 1. The third-order valence-electron chi connectivity index (χ3n) is 2.75. The molecular formula is C17H23F2N3O2. The third kappa shape index (κ3) is 7.21. The van der Waals surface area contributed by atoms with E-state index in [4.69, 9.17) is 10.5 Å². The van der Waals surface area contributed by atoms with Gasteiger partial charge in [0, 0.05) is 23.5 Å². The average molecular weight is 339 g/mol. The number of amides is 1. The maximum Gasteiger partial charge on any atom is 0.407 e. The van der Waals surface area contributed by atoms with Crippen LogP contribution in [-0.4, -0.2) is 30.5 Å². The highest BCUT2D eigenvalue weighted by molar-refractivity contribution is 5.83. The first-order valence-electron chi connectivity index (χ1n) is 7.49. The molecule has 1 atom stereocenters. The molecule has 0 radical (unpaired) electrons. The molecule has 1 aromatic rings. The van der Waals surface area contributed by atoms with Crippen LogP contribution in [0.4, 0.5) is 13.6 Å². The van der Waals surface area contributed by atoms with E-state index in [9.17, 15) is 13.6 Å². The number of rotatable bonds is 5. The van der Waals surface area contributed by atoms with E-state index in [0.29, 0.717) is 12.1 Å². The maximum absolute atomic E-state index is 13.1. The van der Waals surface area contributed by atoms with Crippen LogP contribution in [-0.2, 0) is 4.74 Å². The molecule has 0 saturated carbocycles. The number of nitrogens with zero attached hydrogens (tertiary/aromatic N) is 1. The van der Waals surface area contributed by atoms with Gasteiger partial charge in [0.15, 0.2) is 11.6 Å². The van der Waals surface area contributed by atoms with Gasteiger partial charge in [-0.15, -0.1) is 0 Å². The molecule has 1 rings (SSSR count). The summed E-state index contributed by atoms with van der Waals surface area (Å²) in [7, 11) is 0. The monoisotopic (exact) mass is 339 g/mol. The Labute approximate surface area is 140 Å². The van der Waals surface area contributed by atoms with Crippen LogP contribution in [0.5, 0.6) is 0 Å². The average Bonchev–Trinajstić information content (AvgIpc) is 2.44. The molecule has 7 heteroatoms. The largest absolute Gasteiger partial charge is 0.444 e. The summed E-state index contributed by atoms with van der Waals surface area (Å²) >= 11 is 0. The van der Waals surface area contributed by atoms with Gasteiger partial charge in [-0.1, -0.05) is 0 Å². The van der Waals surface area contributed by atoms with Crippen molar-refractivity contribution in [3.05, 3.63) is 41.5 Å². The second-order valence-corrected chi connectivity index (χ2v) is 6.31. The normalized spacial score (nSPS) is 13.8. The van der Waals surface area contributed by atoms with Crippen molar-refractivity contribution < 1.29 is 18.3 Å². The molecule has 0 unspecified atom stereocenters. The molecule has 0 aliphatic carbocycles. The molecule has 5 nitrogen and oxygen atoms in total. The zero-order valence-electron chi connectivity index (χ0n) is 14.3. The topological polar surface area (TPSA) is 76.7 Å². The summed E-state index contributed by atoms with van der Waals surface area (Å²) in [5.74, 6) is -1.89. The predicted molar refractivity (Wildman–Crippen MR) is 90.7 cm³/mol. The fourth-order valence-corrected chi connectivity index (χ4v) is 1.68. The molecule has 1 amide bonds. The molecule has 0 spiro atoms. The first-order chi connectivity index (χ1) is 11.1. The number of hydrogen-bond donors (Lipinski definition) is 2. The Bertz CT molecular complexity index is 637. The van der Waals surface area contributed by atoms with Crippen molar-refractivity contribution >= 4 is 18.0 Å². The lowest BCUT2D eigenvalue weighted by atomic mass is 10.1. The zero-order valence-corrected chi connectivity index (χ0v) is 14.3. The second kappa shape index (κ2) is 8.42. The molecule has 0 aliphatic heterocycles. The highest BCUT2D eigenvalue weighted by atomic mass is 19.2. The number of aliphatic imine (C=N–C) groups is 1. The van der Waals surface area contributed by atoms with Crippen LogP contribution in [0.3, 0.4) is 0 Å². The van der Waals surface area contributed by atoms with Crippen molar-refractivity contribution in [2.45, 2.75) is 39.3 Å². The number of halogens is 2. The minimum Gasteiger partial charge on any atom is -0.444 e. The van der Waals surface area contributed by atoms with Crippen LogP contribution in [0.15, 0.2) is 29.3 Å². The van der Waals surface area contributed by atoms with Gasteiger partial charge in [-0.25, -0.2) is 13.6 Å². The lowest BCUT2D eigenvalue weighted by molar-refractivity contribution is 0.0510. The van der Waals surface area contributed by atoms with Gasteiger partial charge >= 0.3 is 6.09 Å². The number of ether oxygens (including phenoxy) is 1. The summed E-state index contributed by atoms with van der Waals surface area (Å²) in [6, 6.07) is 3.18. The highest BCUT2D eigenvalue weighted by Gasteiger charge is 2.17. The molecule has 0 heterocycles. The van der Waals surface area contributed by atoms with Crippen LogP contribution in [0.1, 0.15) is 33.3 Å². The number of nitrogens with one attached hydrogen (secondary N) is 1. The lowest BCUT2D eigenvalue weighted by Gasteiger charge is -2.21. The summed E-state index contributed by atoms with van der Waals surface area (Å²) in [5, 5.41) is 2.65. The van der Waals surface area contributed by atoms with Gasteiger partial charge in [0.1, 0.15) is 5.60 Å². The standard InChI is InChI=1S/C17H23F2N3O2/c1-11(22-16(23)24-17(2,3)4)10-21-8-7-15(20)12-5-6-13(18)14(19)9-12/h5-9,11H,10,20H2,1-4H3,(H,22,23)/t11-/m0/s1. The van der Waals surface area contributed by atoms with Crippen LogP contribution in [0, 0.1) is 11.6 Å². The van der Waals surface area contributed by atoms with Crippen molar-refractivity contribution in [2.75, 3.05) is 6.54 Å². The summed E-state index contributed by atoms with van der Waals surface area (Å²) in [4.78, 5) is 15.7. The molecule has 0 saturated heterocycles. The van der Waals surface area contributed by atoms with E-state index < -0.39 is 23.3 Å². The molecule has 132 valence electrons. The van der Waals surface area contributed by atoms with Gasteiger partial charge < -0.3 is 15.8 Å². The van der Waals surface area contributed by atoms with Gasteiger partial charge in [-0.3, -0.25) is 4.99 Å². The van der Waals surface area contributed by atoms with E-state index in [1.165, 1.54) is 18.4 Å². The van der Waals surface area contributed by atoms with E-state index >= 15 is 0 Å². The van der Waals surface area contributed by atoms with Crippen molar-refractivity contribution in [3.63, 3.8) is 0 Å². The Morgan fingerprint density at radius 1 is 1.38 bits per heavy atom. The zero-order chi connectivity index (χ0) is 18.3. The number of alkyl carbamates (subject to hydrolysis) is 1. The van der Waals surface area contributed by atoms with Crippen molar-refractivity contribution in [1.82, 2.24) is 5.32 Å². The third-order valence-corrected chi connectivity index (χ3v) is 2.75. The molecule has 24 heavy (non-hydrogen) atoms. The Balaban J connectivity index is 2.51. The van der Waals surface area contributed by atoms with E-state index in [1.54, 1.807) is 27.7 Å². The van der Waals surface area contributed by atoms with Crippen LogP contribution in [0.2, 0.25) is 0 Å². The number of carbonyl (C=O) groups excluding carboxylic acids is 1. The van der Waals surface area contributed by atoms with Crippen LogP contribution < -0.4 is 11.1 Å². The second-order valence-electron chi connectivity index (χ2n) is 6.31. The Morgan fingerprint density at radius 2 is 2.04 bits per heavy atom. The Kier molecular flexibility index (Phi) is 6.88. The minimum atomic E-state index is -0.962. The lowest BCUT2D eigenvalue weighted by Crippen LogP contribution is -2.39. The summed E-state index contributed by atoms with van der Waals surface area (Å²) in [6.45, 7) is 7.44. The van der Waals surface area contributed by atoms with Gasteiger partial charge in [0.25, 0.3) is 0 Å². The SMILES string of the molecule is C[C@@H](CN=CC=C(N)c1ccc(F)c(F)c1)NC(=O)OC(C)(C)C. The number of nitrogens with two attached hydrogens (primary N) is 1. The van der Waals surface area contributed by atoms with Crippen molar-refractivity contribution in [2.24, 2.45) is 10.7 Å². The first-order valence-corrected chi connectivity index (χ1v) is 7.49. The van der Waals surface area contributed by atoms with Crippen LogP contribution in [0.25, 0.3) is 5.70 Å².